The first kappa shape index (κ1) is 13.0. The largest absolute Gasteiger partial charge is 0.480 e. The summed E-state index contributed by atoms with van der Waals surface area (Å²) >= 11 is 0. The van der Waals surface area contributed by atoms with Crippen molar-refractivity contribution in [2.75, 3.05) is 0 Å². The molecule has 16 heavy (non-hydrogen) atoms. The molecule has 3 atom stereocenters. The molecule has 1 fully saturated rings. The summed E-state index contributed by atoms with van der Waals surface area (Å²) in [6.45, 7) is 0. The molecule has 90 valence electrons. The fourth-order valence-electron chi connectivity index (χ4n) is 2.33. The minimum Gasteiger partial charge on any atom is -0.480 e. The van der Waals surface area contributed by atoms with E-state index in [1.54, 1.807) is 6.08 Å². The number of rotatable bonds is 1. The Morgan fingerprint density at radius 1 is 1.50 bits per heavy atom. The Labute approximate surface area is 99.7 Å². The number of amides is 1. The summed E-state index contributed by atoms with van der Waals surface area (Å²) in [5.41, 5.74) is 5.63. The number of carbonyl (C=O) groups is 2. The zero-order valence-electron chi connectivity index (χ0n) is 8.70. The maximum atomic E-state index is 11.8. The van der Waals surface area contributed by atoms with Crippen molar-refractivity contribution in [3.05, 3.63) is 12.2 Å². The lowest BCUT2D eigenvalue weighted by Gasteiger charge is -2.27. The predicted octanol–water partition coefficient (Wildman–Crippen LogP) is 0.140. The summed E-state index contributed by atoms with van der Waals surface area (Å²) < 4.78 is 0. The molecule has 3 N–H and O–H groups in total. The van der Waals surface area contributed by atoms with Gasteiger partial charge in [-0.05, 0) is 19.3 Å². The highest BCUT2D eigenvalue weighted by atomic mass is 35.5. The fourth-order valence-corrected chi connectivity index (χ4v) is 2.33. The van der Waals surface area contributed by atoms with Gasteiger partial charge >= 0.3 is 5.97 Å². The van der Waals surface area contributed by atoms with Gasteiger partial charge in [0.15, 0.2) is 0 Å². The zero-order valence-corrected chi connectivity index (χ0v) is 9.52. The molecule has 1 saturated heterocycles. The van der Waals surface area contributed by atoms with Crippen LogP contribution in [0.5, 0.6) is 0 Å². The summed E-state index contributed by atoms with van der Waals surface area (Å²) in [4.78, 5) is 24.2. The molecule has 1 amide bonds. The lowest BCUT2D eigenvalue weighted by atomic mass is 10.1. The first-order chi connectivity index (χ1) is 7.11. The van der Waals surface area contributed by atoms with Crippen LogP contribution in [0.1, 0.15) is 19.3 Å². The van der Waals surface area contributed by atoms with Crippen LogP contribution in [0.15, 0.2) is 12.2 Å². The Hall–Kier alpha value is -1.07. The maximum Gasteiger partial charge on any atom is 0.326 e. The first-order valence-corrected chi connectivity index (χ1v) is 5.08. The molecule has 0 aromatic rings. The van der Waals surface area contributed by atoms with Gasteiger partial charge in [0.25, 0.3) is 0 Å². The summed E-state index contributed by atoms with van der Waals surface area (Å²) in [6, 6.07) is -1.35. The predicted molar refractivity (Wildman–Crippen MR) is 60.3 cm³/mol. The van der Waals surface area contributed by atoms with Gasteiger partial charge in [0.05, 0.1) is 0 Å². The molecule has 0 saturated carbocycles. The third-order valence-corrected chi connectivity index (χ3v) is 3.08. The van der Waals surface area contributed by atoms with Crippen LogP contribution in [0, 0.1) is 0 Å². The third kappa shape index (κ3) is 2.05. The highest BCUT2D eigenvalue weighted by Gasteiger charge is 2.42. The second kappa shape index (κ2) is 4.84. The van der Waals surface area contributed by atoms with E-state index >= 15 is 0 Å². The quantitative estimate of drug-likeness (QED) is 0.645. The van der Waals surface area contributed by atoms with Crippen LogP contribution >= 0.6 is 12.4 Å². The lowest BCUT2D eigenvalue weighted by Crippen LogP contribution is -2.50. The van der Waals surface area contributed by atoms with Crippen molar-refractivity contribution in [1.29, 1.82) is 0 Å². The van der Waals surface area contributed by atoms with E-state index in [4.69, 9.17) is 10.8 Å². The molecule has 0 radical (unpaired) electrons. The Morgan fingerprint density at radius 3 is 2.81 bits per heavy atom. The highest BCUT2D eigenvalue weighted by molar-refractivity contribution is 5.89. The van der Waals surface area contributed by atoms with Gasteiger partial charge in [0.2, 0.25) is 5.91 Å². The molecule has 0 unspecified atom stereocenters. The van der Waals surface area contributed by atoms with Gasteiger partial charge in [-0.15, -0.1) is 12.4 Å². The van der Waals surface area contributed by atoms with E-state index in [-0.39, 0.29) is 24.4 Å². The lowest BCUT2D eigenvalue weighted by molar-refractivity contribution is -0.149. The van der Waals surface area contributed by atoms with Crippen molar-refractivity contribution in [2.24, 2.45) is 5.73 Å². The van der Waals surface area contributed by atoms with Gasteiger partial charge in [-0.1, -0.05) is 12.2 Å². The molecule has 2 heterocycles. The molecule has 5 nitrogen and oxygen atoms in total. The van der Waals surface area contributed by atoms with Crippen LogP contribution in [0.2, 0.25) is 0 Å². The third-order valence-electron chi connectivity index (χ3n) is 3.08. The SMILES string of the molecule is Cl.N[C@H]1C=CC[C@H]2CC[C@@H](C(=O)O)N2C1=O. The second-order valence-electron chi connectivity index (χ2n) is 4.02. The van der Waals surface area contributed by atoms with Crippen molar-refractivity contribution in [2.45, 2.75) is 37.4 Å². The van der Waals surface area contributed by atoms with E-state index < -0.39 is 18.1 Å². The van der Waals surface area contributed by atoms with Gasteiger partial charge in [-0.2, -0.15) is 0 Å². The van der Waals surface area contributed by atoms with Crippen molar-refractivity contribution >= 4 is 24.3 Å². The monoisotopic (exact) mass is 246 g/mol. The van der Waals surface area contributed by atoms with E-state index in [0.717, 1.165) is 6.42 Å². The van der Waals surface area contributed by atoms with Crippen molar-refractivity contribution in [3.8, 4) is 0 Å². The number of carboxylic acid groups (broad SMARTS) is 1. The Morgan fingerprint density at radius 2 is 2.19 bits per heavy atom. The molecule has 6 heteroatoms. The summed E-state index contributed by atoms with van der Waals surface area (Å²) in [7, 11) is 0. The van der Waals surface area contributed by atoms with Crippen LogP contribution in [-0.2, 0) is 9.59 Å². The van der Waals surface area contributed by atoms with Gasteiger partial charge in [-0.3, -0.25) is 4.79 Å². The van der Waals surface area contributed by atoms with E-state index in [9.17, 15) is 9.59 Å². The normalized spacial score (nSPS) is 32.9. The number of nitrogens with two attached hydrogens (primary N) is 1. The number of nitrogens with zero attached hydrogens (tertiary/aromatic N) is 1. The van der Waals surface area contributed by atoms with E-state index in [1.807, 2.05) is 6.08 Å². The highest BCUT2D eigenvalue weighted by Crippen LogP contribution is 2.29. The van der Waals surface area contributed by atoms with Gasteiger partial charge in [-0.25, -0.2) is 4.79 Å². The number of aliphatic carboxylic acids is 1. The topological polar surface area (TPSA) is 83.6 Å². The van der Waals surface area contributed by atoms with Crippen LogP contribution in [-0.4, -0.2) is 40.0 Å². The van der Waals surface area contributed by atoms with Crippen molar-refractivity contribution < 1.29 is 14.7 Å². The Balaban J connectivity index is 0.00000128. The zero-order chi connectivity index (χ0) is 11.0. The first-order valence-electron chi connectivity index (χ1n) is 5.08. The van der Waals surface area contributed by atoms with Crippen molar-refractivity contribution in [3.63, 3.8) is 0 Å². The summed E-state index contributed by atoms with van der Waals surface area (Å²) in [5, 5.41) is 8.99. The minimum atomic E-state index is -0.931. The molecule has 2 aliphatic heterocycles. The molecule has 2 aliphatic rings. The Bertz CT molecular complexity index is 332. The number of fused-ring (bicyclic) bond motifs is 1. The van der Waals surface area contributed by atoms with Crippen LogP contribution in [0.4, 0.5) is 0 Å². The average molecular weight is 247 g/mol. The summed E-state index contributed by atoms with van der Waals surface area (Å²) in [5.74, 6) is -1.20. The molecule has 2 rings (SSSR count). The summed E-state index contributed by atoms with van der Waals surface area (Å²) in [6.07, 6.45) is 5.52. The smallest absolute Gasteiger partial charge is 0.326 e. The van der Waals surface area contributed by atoms with Crippen LogP contribution in [0.25, 0.3) is 0 Å². The van der Waals surface area contributed by atoms with E-state index in [0.29, 0.717) is 12.8 Å². The maximum absolute atomic E-state index is 11.8. The molecule has 0 aliphatic carbocycles. The van der Waals surface area contributed by atoms with Gasteiger partial charge in [0, 0.05) is 6.04 Å². The average Bonchev–Trinajstić information content (AvgIpc) is 2.55. The minimum absolute atomic E-state index is 0. The number of carboxylic acids is 1. The molecule has 0 aromatic heterocycles. The fraction of sp³-hybridized carbons (Fsp3) is 0.600. The second-order valence-corrected chi connectivity index (χ2v) is 4.02. The van der Waals surface area contributed by atoms with Crippen molar-refractivity contribution in [1.82, 2.24) is 4.90 Å². The Kier molecular flexibility index (Phi) is 3.93. The standard InChI is InChI=1S/C10H14N2O3.ClH/c11-7-3-1-2-6-4-5-8(10(14)15)12(6)9(7)13;/h1,3,6-8H,2,4-5,11H2,(H,14,15);1H/t6-,7-,8-;/m0./s1. The molecule has 0 aromatic carbocycles. The van der Waals surface area contributed by atoms with Crippen LogP contribution in [0.3, 0.4) is 0 Å². The number of hydrogen-bond donors (Lipinski definition) is 2. The molecule has 0 bridgehead atoms. The number of halogens is 1. The van der Waals surface area contributed by atoms with E-state index in [1.165, 1.54) is 4.90 Å². The van der Waals surface area contributed by atoms with E-state index in [2.05, 4.69) is 0 Å². The van der Waals surface area contributed by atoms with Gasteiger partial charge in [0.1, 0.15) is 12.1 Å². The molecular formula is C10H15ClN2O3. The number of hydrogen-bond acceptors (Lipinski definition) is 3. The van der Waals surface area contributed by atoms with Gasteiger partial charge < -0.3 is 15.7 Å². The molecular weight excluding hydrogens is 232 g/mol. The van der Waals surface area contributed by atoms with Crippen LogP contribution < -0.4 is 5.73 Å². The number of carbonyl (C=O) groups excluding carboxylic acids is 1. The molecule has 0 spiro atoms.